The molecule has 1 aromatic rings. The zero-order valence-corrected chi connectivity index (χ0v) is 8.94. The molecule has 0 fully saturated rings. The summed E-state index contributed by atoms with van der Waals surface area (Å²) in [6, 6.07) is 4.75. The van der Waals surface area contributed by atoms with E-state index in [4.69, 9.17) is 0 Å². The average molecular weight is 199 g/mol. The van der Waals surface area contributed by atoms with Crippen LogP contribution in [0.5, 0.6) is 0 Å². The van der Waals surface area contributed by atoms with Crippen molar-refractivity contribution in [3.63, 3.8) is 0 Å². The van der Waals surface area contributed by atoms with Gasteiger partial charge in [-0.1, -0.05) is 26.8 Å². The molecule has 78 valence electrons. The second-order valence-corrected chi connectivity index (χ2v) is 4.55. The van der Waals surface area contributed by atoms with Gasteiger partial charge in [-0.3, -0.25) is 4.98 Å². The molecule has 0 aliphatic rings. The predicted octanol–water partition coefficient (Wildman–Crippen LogP) is 3.49. The van der Waals surface area contributed by atoms with Crippen LogP contribution in [-0.4, -0.2) is 4.98 Å². The minimum Gasteiger partial charge on any atom is -0.251 e. The van der Waals surface area contributed by atoms with Gasteiger partial charge in [0.05, 0.1) is 0 Å². The Morgan fingerprint density at radius 2 is 1.50 bits per heavy atom. The van der Waals surface area contributed by atoms with E-state index in [1.165, 1.54) is 6.07 Å². The minimum absolute atomic E-state index is 0.162. The van der Waals surface area contributed by atoms with E-state index >= 15 is 0 Å². The molecule has 3 heteroatoms. The van der Waals surface area contributed by atoms with Crippen LogP contribution in [0.2, 0.25) is 0 Å². The Morgan fingerprint density at radius 1 is 1.00 bits per heavy atom. The molecule has 0 aliphatic carbocycles. The summed E-state index contributed by atoms with van der Waals surface area (Å²) < 4.78 is 25.9. The molecule has 1 heterocycles. The highest BCUT2D eigenvalue weighted by atomic mass is 19.3. The highest BCUT2D eigenvalue weighted by molar-refractivity contribution is 5.19. The Balaban J connectivity index is 3.15. The first kappa shape index (κ1) is 11.1. The Bertz CT molecular complexity index is 292. The molecule has 0 spiro atoms. The zero-order chi connectivity index (χ0) is 11.0. The fourth-order valence-corrected chi connectivity index (χ4v) is 1.10. The standard InChI is InChI=1S/C11H15F2N/c1-10(2,3)8-6-5-7-9(14-8)11(4,12)13/h5-7H,1-4H3. The quantitative estimate of drug-likeness (QED) is 0.674. The van der Waals surface area contributed by atoms with Crippen molar-refractivity contribution in [2.24, 2.45) is 0 Å². The molecule has 0 aromatic carbocycles. The van der Waals surface area contributed by atoms with Crippen molar-refractivity contribution < 1.29 is 8.78 Å². The topological polar surface area (TPSA) is 12.9 Å². The third kappa shape index (κ3) is 2.50. The number of hydrogen-bond acceptors (Lipinski definition) is 1. The number of aromatic nitrogens is 1. The summed E-state index contributed by atoms with van der Waals surface area (Å²) in [6.07, 6.45) is 0. The number of alkyl halides is 2. The zero-order valence-electron chi connectivity index (χ0n) is 8.94. The first-order chi connectivity index (χ1) is 6.21. The molecule has 0 amide bonds. The van der Waals surface area contributed by atoms with Crippen LogP contribution in [0.1, 0.15) is 39.1 Å². The first-order valence-corrected chi connectivity index (χ1v) is 4.57. The van der Waals surface area contributed by atoms with Crippen molar-refractivity contribution in [3.8, 4) is 0 Å². The molecular formula is C11H15F2N. The first-order valence-electron chi connectivity index (χ1n) is 4.57. The molecule has 0 unspecified atom stereocenters. The molecule has 0 atom stereocenters. The van der Waals surface area contributed by atoms with Crippen molar-refractivity contribution in [2.45, 2.75) is 39.0 Å². The summed E-state index contributed by atoms with van der Waals surface area (Å²) >= 11 is 0. The van der Waals surface area contributed by atoms with Crippen LogP contribution in [0.4, 0.5) is 8.78 Å². The normalized spacial score (nSPS) is 13.0. The lowest BCUT2D eigenvalue weighted by atomic mass is 9.91. The Labute approximate surface area is 83.2 Å². The van der Waals surface area contributed by atoms with Gasteiger partial charge in [0, 0.05) is 18.0 Å². The van der Waals surface area contributed by atoms with E-state index in [2.05, 4.69) is 4.98 Å². The maximum absolute atomic E-state index is 13.0. The van der Waals surface area contributed by atoms with Gasteiger partial charge in [-0.25, -0.2) is 0 Å². The monoisotopic (exact) mass is 199 g/mol. The van der Waals surface area contributed by atoms with E-state index in [1.807, 2.05) is 20.8 Å². The highest BCUT2D eigenvalue weighted by Gasteiger charge is 2.27. The molecule has 0 saturated carbocycles. The van der Waals surface area contributed by atoms with Gasteiger partial charge in [0.15, 0.2) is 0 Å². The number of nitrogens with zero attached hydrogens (tertiary/aromatic N) is 1. The summed E-state index contributed by atoms with van der Waals surface area (Å²) in [5.41, 5.74) is 0.336. The van der Waals surface area contributed by atoms with Crippen LogP contribution in [0, 0.1) is 0 Å². The maximum atomic E-state index is 13.0. The van der Waals surface area contributed by atoms with Gasteiger partial charge >= 0.3 is 0 Å². The van der Waals surface area contributed by atoms with Crippen molar-refractivity contribution in [1.29, 1.82) is 0 Å². The van der Waals surface area contributed by atoms with E-state index < -0.39 is 5.92 Å². The number of pyridine rings is 1. The minimum atomic E-state index is -2.86. The van der Waals surface area contributed by atoms with Gasteiger partial charge < -0.3 is 0 Å². The second-order valence-electron chi connectivity index (χ2n) is 4.55. The van der Waals surface area contributed by atoms with E-state index in [9.17, 15) is 8.78 Å². The van der Waals surface area contributed by atoms with Crippen LogP contribution < -0.4 is 0 Å². The van der Waals surface area contributed by atoms with Gasteiger partial charge in [-0.2, -0.15) is 8.78 Å². The molecule has 1 rings (SSSR count). The summed E-state index contributed by atoms with van der Waals surface area (Å²) in [6.45, 7) is 6.72. The lowest BCUT2D eigenvalue weighted by Crippen LogP contribution is -2.17. The summed E-state index contributed by atoms with van der Waals surface area (Å²) in [4.78, 5) is 3.97. The fourth-order valence-electron chi connectivity index (χ4n) is 1.10. The molecule has 0 bridgehead atoms. The lowest BCUT2D eigenvalue weighted by Gasteiger charge is -2.19. The number of hydrogen-bond donors (Lipinski definition) is 0. The summed E-state index contributed by atoms with van der Waals surface area (Å²) in [5, 5.41) is 0. The van der Waals surface area contributed by atoms with Crippen molar-refractivity contribution >= 4 is 0 Å². The fraction of sp³-hybridized carbons (Fsp3) is 0.545. The Kier molecular flexibility index (Phi) is 2.61. The number of halogens is 2. The van der Waals surface area contributed by atoms with E-state index in [-0.39, 0.29) is 11.1 Å². The van der Waals surface area contributed by atoms with Crippen molar-refractivity contribution in [2.75, 3.05) is 0 Å². The maximum Gasteiger partial charge on any atom is 0.286 e. The smallest absolute Gasteiger partial charge is 0.251 e. The molecule has 14 heavy (non-hydrogen) atoms. The van der Waals surface area contributed by atoms with Gasteiger partial charge in [-0.15, -0.1) is 0 Å². The van der Waals surface area contributed by atoms with Gasteiger partial charge in [-0.05, 0) is 12.1 Å². The SMILES string of the molecule is CC(C)(C)c1cccc(C(C)(F)F)n1. The third-order valence-corrected chi connectivity index (χ3v) is 1.97. The van der Waals surface area contributed by atoms with E-state index in [0.29, 0.717) is 5.69 Å². The highest BCUT2D eigenvalue weighted by Crippen LogP contribution is 2.27. The van der Waals surface area contributed by atoms with Crippen LogP contribution in [0.3, 0.4) is 0 Å². The Morgan fingerprint density at radius 3 is 1.93 bits per heavy atom. The van der Waals surface area contributed by atoms with Crippen LogP contribution in [-0.2, 0) is 11.3 Å². The molecule has 0 aliphatic heterocycles. The van der Waals surface area contributed by atoms with Gasteiger partial charge in [0.25, 0.3) is 5.92 Å². The lowest BCUT2D eigenvalue weighted by molar-refractivity contribution is 0.0124. The third-order valence-electron chi connectivity index (χ3n) is 1.97. The van der Waals surface area contributed by atoms with Crippen LogP contribution >= 0.6 is 0 Å². The number of rotatable bonds is 1. The summed E-state index contributed by atoms with van der Waals surface area (Å²) in [7, 11) is 0. The molecule has 1 aromatic heterocycles. The van der Waals surface area contributed by atoms with E-state index in [0.717, 1.165) is 6.92 Å². The molecular weight excluding hydrogens is 184 g/mol. The molecule has 1 nitrogen and oxygen atoms in total. The van der Waals surface area contributed by atoms with Crippen LogP contribution in [0.25, 0.3) is 0 Å². The predicted molar refractivity (Wildman–Crippen MR) is 52.5 cm³/mol. The molecule has 0 saturated heterocycles. The Hall–Kier alpha value is -0.990. The molecule has 0 radical (unpaired) electrons. The summed E-state index contributed by atoms with van der Waals surface area (Å²) in [5.74, 6) is -2.86. The van der Waals surface area contributed by atoms with E-state index in [1.54, 1.807) is 12.1 Å². The van der Waals surface area contributed by atoms with Crippen LogP contribution in [0.15, 0.2) is 18.2 Å². The largest absolute Gasteiger partial charge is 0.286 e. The van der Waals surface area contributed by atoms with Gasteiger partial charge in [0.2, 0.25) is 0 Å². The molecule has 0 N–H and O–H groups in total. The van der Waals surface area contributed by atoms with Gasteiger partial charge in [0.1, 0.15) is 5.69 Å². The second kappa shape index (κ2) is 3.30. The van der Waals surface area contributed by atoms with Crippen molar-refractivity contribution in [3.05, 3.63) is 29.6 Å². The average Bonchev–Trinajstić information content (AvgIpc) is 2.01. The van der Waals surface area contributed by atoms with Crippen molar-refractivity contribution in [1.82, 2.24) is 4.98 Å².